The van der Waals surface area contributed by atoms with Crippen LogP contribution < -0.4 is 30.2 Å². The van der Waals surface area contributed by atoms with Gasteiger partial charge in [-0.05, 0) is 166 Å². The molecule has 6 N–H and O–H groups in total. The maximum Gasteiger partial charge on any atom is 0.407 e. The molecule has 482 valence electrons. The molecule has 0 heterocycles. The molecule has 18 nitrogen and oxygen atoms in total. The third-order valence-corrected chi connectivity index (χ3v) is 17.3. The number of amides is 3. The van der Waals surface area contributed by atoms with Crippen molar-refractivity contribution in [1.82, 2.24) is 16.0 Å². The maximum atomic E-state index is 13.0. The lowest BCUT2D eigenvalue weighted by atomic mass is 9.85. The molecule has 3 atom stereocenters. The van der Waals surface area contributed by atoms with Crippen molar-refractivity contribution in [3.8, 4) is 17.2 Å². The molecule has 24 heteroatoms. The summed E-state index contributed by atoms with van der Waals surface area (Å²) < 4.78 is 36.3. The smallest absolute Gasteiger partial charge is 0.407 e. The van der Waals surface area contributed by atoms with Gasteiger partial charge < -0.3 is 59.7 Å². The van der Waals surface area contributed by atoms with E-state index in [-0.39, 0.29) is 62.1 Å². The zero-order valence-corrected chi connectivity index (χ0v) is 54.7. The summed E-state index contributed by atoms with van der Waals surface area (Å²) in [5, 5.41) is 37.4. The van der Waals surface area contributed by atoms with Crippen LogP contribution in [-0.4, -0.2) is 127 Å². The van der Waals surface area contributed by atoms with E-state index in [0.29, 0.717) is 68.8 Å². The van der Waals surface area contributed by atoms with Gasteiger partial charge in [0, 0.05) is 89.3 Å². The van der Waals surface area contributed by atoms with Crippen molar-refractivity contribution < 1.29 is 72.5 Å². The summed E-state index contributed by atoms with van der Waals surface area (Å²) in [6.45, 7) is 4.92. The predicted molar refractivity (Wildman–Crippen MR) is 356 cm³/mol. The number of hydrogen-bond donors (Lipinski definition) is 6. The number of aliphatic carboxylic acids is 3. The van der Waals surface area contributed by atoms with Gasteiger partial charge in [-0.15, -0.1) is 35.3 Å². The second-order valence-corrected chi connectivity index (χ2v) is 24.8. The molecule has 0 fully saturated rings. The van der Waals surface area contributed by atoms with Gasteiger partial charge in [0.25, 0.3) is 0 Å². The van der Waals surface area contributed by atoms with Crippen molar-refractivity contribution >= 4 is 106 Å². The largest absolute Gasteiger partial charge is 0.490 e. The van der Waals surface area contributed by atoms with Gasteiger partial charge in [0.1, 0.15) is 55.4 Å². The van der Waals surface area contributed by atoms with Crippen molar-refractivity contribution in [2.75, 3.05) is 56.7 Å². The van der Waals surface area contributed by atoms with Gasteiger partial charge >= 0.3 is 36.2 Å². The van der Waals surface area contributed by atoms with Crippen LogP contribution >= 0.6 is 70.1 Å². The normalized spacial score (nSPS) is 12.9. The third-order valence-electron chi connectivity index (χ3n) is 13.1. The Labute approximate surface area is 556 Å². The Hall–Kier alpha value is -7.92. The molecule has 0 radical (unpaired) electrons. The Morgan fingerprint density at radius 1 is 0.396 bits per heavy atom. The molecule has 6 aromatic carbocycles. The van der Waals surface area contributed by atoms with Crippen LogP contribution in [0.2, 0.25) is 15.1 Å². The van der Waals surface area contributed by atoms with E-state index >= 15 is 0 Å². The SMILES string of the molecule is CC(=CCCNC(=O)OC(COc1ccc(C(c2ccc(OCC(CSc3ccc(Cl)cc3)OC(=O)NCCC=C(C)C(=O)O)cc2)c2ccc(OCC(CSc3ccc(Cl)cc3)OC(=O)NCCC=C(C)C(=O)O)cc2)cc1)CSc1ccc(Cl)cc1)C(=O)O. The molecule has 91 heavy (non-hydrogen) atoms. The number of benzene rings is 6. The van der Waals surface area contributed by atoms with Crippen LogP contribution in [0, 0.1) is 0 Å². The molecule has 0 bridgehead atoms. The molecular formula is C67H70Cl3N3O15S3. The molecule has 3 unspecified atom stereocenters. The van der Waals surface area contributed by atoms with Crippen LogP contribution in [0.3, 0.4) is 0 Å². The Morgan fingerprint density at radius 3 is 0.868 bits per heavy atom. The number of halogens is 3. The predicted octanol–water partition coefficient (Wildman–Crippen LogP) is 14.9. The van der Waals surface area contributed by atoms with Crippen LogP contribution in [-0.2, 0) is 28.6 Å². The Morgan fingerprint density at radius 2 is 0.637 bits per heavy atom. The van der Waals surface area contributed by atoms with Crippen molar-refractivity contribution in [3.05, 3.63) is 212 Å². The molecule has 6 aromatic rings. The van der Waals surface area contributed by atoms with E-state index in [0.717, 1.165) is 31.4 Å². The molecule has 0 aromatic heterocycles. The van der Waals surface area contributed by atoms with Crippen LogP contribution in [0.25, 0.3) is 0 Å². The second kappa shape index (κ2) is 38.7. The molecule has 0 spiro atoms. The number of thioether (sulfide) groups is 3. The first-order valence-electron chi connectivity index (χ1n) is 28.6. The number of ether oxygens (including phenoxy) is 6. The minimum absolute atomic E-state index is 0.00232. The van der Waals surface area contributed by atoms with Gasteiger partial charge in [0.05, 0.1) is 0 Å². The lowest BCUT2D eigenvalue weighted by Gasteiger charge is -2.22. The van der Waals surface area contributed by atoms with E-state index in [2.05, 4.69) is 16.0 Å². The number of carboxylic acid groups (broad SMARTS) is 3. The fourth-order valence-electron chi connectivity index (χ4n) is 8.15. The summed E-state index contributed by atoms with van der Waals surface area (Å²) in [7, 11) is 0. The van der Waals surface area contributed by atoms with Crippen LogP contribution in [0.1, 0.15) is 62.6 Å². The highest BCUT2D eigenvalue weighted by Crippen LogP contribution is 2.36. The number of carboxylic acids is 3. The summed E-state index contributed by atoms with van der Waals surface area (Å²) in [5.74, 6) is -0.952. The van der Waals surface area contributed by atoms with E-state index in [4.69, 9.17) is 63.2 Å². The van der Waals surface area contributed by atoms with E-state index in [1.807, 2.05) is 109 Å². The molecule has 0 saturated carbocycles. The number of rotatable bonds is 36. The fraction of sp³-hybridized carbons (Fsp3) is 0.284. The molecule has 0 saturated heterocycles. The van der Waals surface area contributed by atoms with Gasteiger partial charge in [-0.2, -0.15) is 0 Å². The monoisotopic (exact) mass is 1360 g/mol. The minimum Gasteiger partial charge on any atom is -0.490 e. The lowest BCUT2D eigenvalue weighted by Crippen LogP contribution is -2.34. The molecule has 3 amide bonds. The summed E-state index contributed by atoms with van der Waals surface area (Å²) in [6.07, 6.45) is 1.27. The molecular weight excluding hydrogens is 1290 g/mol. The Kier molecular flexibility index (Phi) is 30.7. The first-order chi connectivity index (χ1) is 43.8. The highest BCUT2D eigenvalue weighted by Gasteiger charge is 2.23. The number of nitrogens with one attached hydrogen (secondary N) is 3. The van der Waals surface area contributed by atoms with Crippen molar-refractivity contribution in [3.63, 3.8) is 0 Å². The summed E-state index contributed by atoms with van der Waals surface area (Å²) in [5.41, 5.74) is 3.14. The van der Waals surface area contributed by atoms with Gasteiger partial charge in [-0.3, -0.25) is 0 Å². The average molecular weight is 1360 g/mol. The molecule has 0 aliphatic rings. The lowest BCUT2D eigenvalue weighted by molar-refractivity contribution is -0.133. The van der Waals surface area contributed by atoms with Gasteiger partial charge in [0.2, 0.25) is 0 Å². The van der Waals surface area contributed by atoms with E-state index in [1.165, 1.54) is 74.3 Å². The maximum absolute atomic E-state index is 13.0. The average Bonchev–Trinajstić information content (AvgIpc) is 1.22. The number of alkyl carbamates (subject to hydrolysis) is 3. The van der Waals surface area contributed by atoms with Crippen LogP contribution in [0.15, 0.2) is 195 Å². The van der Waals surface area contributed by atoms with E-state index < -0.39 is 54.5 Å². The standard InChI is InChI=1S/C67H70Cl3N3O15S3/c1-43(62(74)75)7-4-34-71-65(80)86-55(40-89-58-28-16-49(68)17-29-58)37-83-52-22-10-46(11-23-52)61(47-12-24-53(25-13-47)84-38-56(41-90-59-30-18-50(69)19-31-59)87-66(81)72-35-5-8-44(2)63(76)77)48-14-26-54(27-15-48)85-39-57(42-91-60-32-20-51(70)21-33-60)88-67(82)73-36-6-9-45(3)64(78)79/h7-33,55-57,61H,4-6,34-42H2,1-3H3,(H,71,80)(H,72,81)(H,73,82)(H,74,75)(H,76,77)(H,78,79). The third kappa shape index (κ3) is 27.2. The minimum atomic E-state index is -1.04. The first kappa shape index (κ1) is 72.1. The van der Waals surface area contributed by atoms with Gasteiger partial charge in [-0.25, -0.2) is 28.8 Å². The van der Waals surface area contributed by atoms with E-state index in [1.54, 1.807) is 36.4 Å². The van der Waals surface area contributed by atoms with Crippen LogP contribution in [0.5, 0.6) is 17.2 Å². The first-order valence-corrected chi connectivity index (χ1v) is 32.7. The zero-order valence-electron chi connectivity index (χ0n) is 50.0. The summed E-state index contributed by atoms with van der Waals surface area (Å²) in [4.78, 5) is 75.4. The number of carbonyl (C=O) groups is 6. The second-order valence-electron chi connectivity index (χ2n) is 20.2. The zero-order chi connectivity index (χ0) is 65.5. The van der Waals surface area contributed by atoms with E-state index in [9.17, 15) is 44.1 Å². The van der Waals surface area contributed by atoms with Crippen molar-refractivity contribution in [2.24, 2.45) is 0 Å². The molecule has 0 aliphatic carbocycles. The fourth-order valence-corrected chi connectivity index (χ4v) is 11.1. The van der Waals surface area contributed by atoms with Crippen molar-refractivity contribution in [1.29, 1.82) is 0 Å². The summed E-state index contributed by atoms with van der Waals surface area (Å²) in [6, 6.07) is 44.4. The Balaban J connectivity index is 1.21. The van der Waals surface area contributed by atoms with Gasteiger partial charge in [0.15, 0.2) is 0 Å². The van der Waals surface area contributed by atoms with Crippen molar-refractivity contribution in [2.45, 2.75) is 78.9 Å². The topological polar surface area (TPSA) is 255 Å². The number of hydrogen-bond acceptors (Lipinski definition) is 15. The highest BCUT2D eigenvalue weighted by atomic mass is 35.5. The number of carbonyl (C=O) groups excluding carboxylic acids is 3. The van der Waals surface area contributed by atoms with Gasteiger partial charge in [-0.1, -0.05) is 89.4 Å². The Bertz CT molecular complexity index is 3060. The molecule has 6 rings (SSSR count). The summed E-state index contributed by atoms with van der Waals surface area (Å²) >= 11 is 22.8. The highest BCUT2D eigenvalue weighted by molar-refractivity contribution is 7.99. The quantitative estimate of drug-likeness (QED) is 0.00703. The van der Waals surface area contributed by atoms with Crippen LogP contribution in [0.4, 0.5) is 14.4 Å². The molecule has 0 aliphatic heterocycles.